The summed E-state index contributed by atoms with van der Waals surface area (Å²) in [4.78, 5) is 11.3. The van der Waals surface area contributed by atoms with E-state index in [9.17, 15) is 9.18 Å². The van der Waals surface area contributed by atoms with Gasteiger partial charge in [-0.3, -0.25) is 4.39 Å². The highest BCUT2D eigenvalue weighted by Gasteiger charge is 2.69. The van der Waals surface area contributed by atoms with Gasteiger partial charge in [0.2, 0.25) is 0 Å². The molecule has 3 nitrogen and oxygen atoms in total. The first-order valence-corrected chi connectivity index (χ1v) is 21.3. The smallest absolute Gasteiger partial charge is 0.123 e. The minimum absolute atomic E-state index is 0.148. The third-order valence-corrected chi connectivity index (χ3v) is 15.4. The number of halogens is 1. The Balaban J connectivity index is 0.000000455. The highest BCUT2D eigenvalue weighted by Crippen LogP contribution is 2.75. The normalized spacial score (nSPS) is 38.4. The first-order valence-electron chi connectivity index (χ1n) is 21.3. The van der Waals surface area contributed by atoms with Crippen molar-refractivity contribution in [3.8, 4) is 0 Å². The van der Waals surface area contributed by atoms with Crippen molar-refractivity contribution in [2.75, 3.05) is 20.9 Å². The maximum atomic E-state index is 11.3. The van der Waals surface area contributed by atoms with Gasteiger partial charge >= 0.3 is 0 Å². The molecule has 0 aromatic carbocycles. The molecule has 9 atom stereocenters. The van der Waals surface area contributed by atoms with Gasteiger partial charge in [0.05, 0.1) is 13.8 Å². The van der Waals surface area contributed by atoms with Crippen molar-refractivity contribution < 1.29 is 13.9 Å². The number of methoxy groups -OCH3 is 1. The van der Waals surface area contributed by atoms with Crippen molar-refractivity contribution in [2.24, 2.45) is 57.0 Å². The van der Waals surface area contributed by atoms with Crippen molar-refractivity contribution in [1.29, 1.82) is 0 Å². The summed E-state index contributed by atoms with van der Waals surface area (Å²) in [5.41, 5.74) is 13.3. The molecule has 0 heterocycles. The third kappa shape index (κ3) is 9.33. The molecule has 9 unspecified atom stereocenters. The summed E-state index contributed by atoms with van der Waals surface area (Å²) in [6.07, 6.45) is 33.3. The van der Waals surface area contributed by atoms with Crippen LogP contribution in [0.25, 0.3) is 0 Å². The molecule has 0 amide bonds. The number of hydrogen-bond acceptors (Lipinski definition) is 3. The van der Waals surface area contributed by atoms with Gasteiger partial charge in [-0.25, -0.2) is 0 Å². The van der Waals surface area contributed by atoms with Gasteiger partial charge in [-0.15, -0.1) is 19.7 Å². The molecule has 4 saturated carbocycles. The quantitative estimate of drug-likeness (QED) is 0.231. The van der Waals surface area contributed by atoms with E-state index in [1.54, 1.807) is 24.3 Å². The van der Waals surface area contributed by atoms with E-state index in [-0.39, 0.29) is 16.9 Å². The number of alkyl halides is 1. The molecule has 0 aromatic rings. The Kier molecular flexibility index (Phi) is 18.4. The molecular weight excluding hydrogens is 654 g/mol. The topological polar surface area (TPSA) is 52.3 Å². The average Bonchev–Trinajstić information content (AvgIpc) is 3.57. The summed E-state index contributed by atoms with van der Waals surface area (Å²) in [5.74, 6) is 3.42. The van der Waals surface area contributed by atoms with E-state index in [2.05, 4.69) is 84.7 Å². The van der Waals surface area contributed by atoms with Crippen molar-refractivity contribution in [2.45, 2.75) is 157 Å². The minimum Gasteiger partial charge on any atom is -0.380 e. The molecule has 7 rings (SSSR count). The van der Waals surface area contributed by atoms with E-state index in [0.717, 1.165) is 49.5 Å². The van der Waals surface area contributed by atoms with Crippen LogP contribution in [0.1, 0.15) is 152 Å². The van der Waals surface area contributed by atoms with Crippen LogP contribution in [0.2, 0.25) is 0 Å². The summed E-state index contributed by atoms with van der Waals surface area (Å²) in [6, 6.07) is 0. The van der Waals surface area contributed by atoms with Gasteiger partial charge in [0.1, 0.15) is 6.29 Å². The van der Waals surface area contributed by atoms with Crippen LogP contribution in [0.4, 0.5) is 4.39 Å². The Morgan fingerprint density at radius 1 is 0.887 bits per heavy atom. The lowest BCUT2D eigenvalue weighted by atomic mass is 9.33. The molecule has 53 heavy (non-hydrogen) atoms. The van der Waals surface area contributed by atoms with E-state index in [1.165, 1.54) is 88.9 Å². The van der Waals surface area contributed by atoms with Crippen LogP contribution in [-0.2, 0) is 9.53 Å². The molecule has 0 aliphatic heterocycles. The van der Waals surface area contributed by atoms with E-state index >= 15 is 0 Å². The lowest BCUT2D eigenvalue weighted by molar-refractivity contribution is -0.216. The zero-order valence-corrected chi connectivity index (χ0v) is 36.1. The van der Waals surface area contributed by atoms with Gasteiger partial charge in [0.25, 0.3) is 0 Å². The second-order valence-corrected chi connectivity index (χ2v) is 18.0. The van der Waals surface area contributed by atoms with E-state index in [1.807, 2.05) is 20.8 Å². The summed E-state index contributed by atoms with van der Waals surface area (Å²) in [6.45, 7) is 29.3. The zero-order valence-electron chi connectivity index (χ0n) is 36.1. The fraction of sp³-hybridized carbons (Fsp3) is 0.735. The predicted molar refractivity (Wildman–Crippen MR) is 229 cm³/mol. The SMILES string of the molecule is C=C.C=CC.CC.CC1(C)C(C2=CCC(C=O)CC2)=CCC2(C)C1CCC1(C)C2CCC2C3CCCC3(N)CCC21C.CF.COCC1=CC=CCC1. The molecule has 0 bridgehead atoms. The molecule has 0 aromatic heterocycles. The van der Waals surface area contributed by atoms with Gasteiger partial charge in [-0.1, -0.05) is 91.3 Å². The number of nitrogens with two attached hydrogens (primary N) is 1. The van der Waals surface area contributed by atoms with Crippen LogP contribution >= 0.6 is 0 Å². The molecule has 0 saturated heterocycles. The highest BCUT2D eigenvalue weighted by molar-refractivity contribution is 5.55. The number of carbonyl (C=O) groups excluding carboxylic acids is 1. The fourth-order valence-corrected chi connectivity index (χ4v) is 13.0. The zero-order chi connectivity index (χ0) is 40.1. The lowest BCUT2D eigenvalue weighted by Crippen LogP contribution is -2.66. The molecule has 302 valence electrons. The highest BCUT2D eigenvalue weighted by atomic mass is 19.1. The van der Waals surface area contributed by atoms with Gasteiger partial charge in [0.15, 0.2) is 0 Å². The number of rotatable bonds is 4. The lowest BCUT2D eigenvalue weighted by Gasteiger charge is -2.72. The predicted octanol–water partition coefficient (Wildman–Crippen LogP) is 13.5. The minimum atomic E-state index is 0.148. The van der Waals surface area contributed by atoms with E-state index in [0.29, 0.717) is 23.4 Å². The van der Waals surface area contributed by atoms with E-state index < -0.39 is 0 Å². The standard InChI is InChI=1S/C33H51NO.C8H12O.C3H6.C2H6.C2H4.CH3F/c1-29(2)24(23-10-8-22(21-35)9-11-23)14-17-30(3)27(29)15-18-32(5)28(30)13-12-25-26-7-6-16-33(26,34)20-19-31(25,32)4;1-9-7-8-5-3-2-4-6-8;1-3-2;3*1-2/h10,14,21-22,25-28H,6-9,11-13,15-20,34H2,1-5H3;2-3,5H,4,6-7H2,1H3;3H,1H2,2H3;1-2H3;1-2H2;1H3. The van der Waals surface area contributed by atoms with Crippen molar-refractivity contribution >= 4 is 6.29 Å². The molecule has 7 aliphatic rings. The fourth-order valence-electron chi connectivity index (χ4n) is 13.0. The monoisotopic (exact) mass is 736 g/mol. The van der Waals surface area contributed by atoms with Crippen LogP contribution in [0.15, 0.2) is 72.9 Å². The van der Waals surface area contributed by atoms with Crippen LogP contribution in [0, 0.1) is 51.2 Å². The Morgan fingerprint density at radius 3 is 2.13 bits per heavy atom. The van der Waals surface area contributed by atoms with Crippen molar-refractivity contribution in [1.82, 2.24) is 0 Å². The number of ether oxygens (including phenoxy) is 1. The molecule has 4 heteroatoms. The van der Waals surface area contributed by atoms with Gasteiger partial charge < -0.3 is 15.3 Å². The first kappa shape index (κ1) is 47.1. The average molecular weight is 736 g/mol. The van der Waals surface area contributed by atoms with Crippen LogP contribution in [0.3, 0.4) is 0 Å². The number of fused-ring (bicyclic) bond motifs is 7. The summed E-state index contributed by atoms with van der Waals surface area (Å²) in [5, 5.41) is 0. The Morgan fingerprint density at radius 2 is 1.57 bits per heavy atom. The largest absolute Gasteiger partial charge is 0.380 e. The van der Waals surface area contributed by atoms with Crippen LogP contribution in [0.5, 0.6) is 0 Å². The summed E-state index contributed by atoms with van der Waals surface area (Å²) < 4.78 is 14.5. The number of hydrogen-bond donors (Lipinski definition) is 1. The maximum Gasteiger partial charge on any atom is 0.123 e. The molecule has 2 N–H and O–H groups in total. The molecule has 7 aliphatic carbocycles. The molecule has 4 fully saturated rings. The summed E-state index contributed by atoms with van der Waals surface area (Å²) in [7, 11) is 2.24. The number of carbonyl (C=O) groups is 1. The molecular formula is C49H82FNO2. The Hall–Kier alpha value is -2.04. The third-order valence-electron chi connectivity index (χ3n) is 15.4. The van der Waals surface area contributed by atoms with Gasteiger partial charge in [0, 0.05) is 18.6 Å². The van der Waals surface area contributed by atoms with Crippen LogP contribution < -0.4 is 5.73 Å². The van der Waals surface area contributed by atoms with Crippen molar-refractivity contribution in [3.05, 3.63) is 72.9 Å². The number of aldehydes is 1. The van der Waals surface area contributed by atoms with E-state index in [4.69, 9.17) is 10.5 Å². The van der Waals surface area contributed by atoms with Crippen molar-refractivity contribution in [3.63, 3.8) is 0 Å². The van der Waals surface area contributed by atoms with Gasteiger partial charge in [-0.2, -0.15) is 0 Å². The summed E-state index contributed by atoms with van der Waals surface area (Å²) >= 11 is 0. The molecule has 0 spiro atoms. The molecule has 0 radical (unpaired) electrons. The first-order chi connectivity index (χ1) is 25.3. The Bertz CT molecular complexity index is 1290. The number of allylic oxidation sites excluding steroid dienone is 8. The van der Waals surface area contributed by atoms with Crippen LogP contribution in [-0.4, -0.2) is 32.7 Å². The second-order valence-electron chi connectivity index (χ2n) is 18.0. The van der Waals surface area contributed by atoms with Gasteiger partial charge in [-0.05, 0) is 159 Å². The second kappa shape index (κ2) is 20.8. The maximum absolute atomic E-state index is 11.3. The Labute approximate surface area is 327 Å².